The molecule has 0 spiro atoms. The van der Waals surface area contributed by atoms with Gasteiger partial charge in [0.1, 0.15) is 6.61 Å². The molecule has 19 heavy (non-hydrogen) atoms. The first-order valence-electron chi connectivity index (χ1n) is 6.10. The fourth-order valence-corrected chi connectivity index (χ4v) is 2.02. The van der Waals surface area contributed by atoms with E-state index in [2.05, 4.69) is 5.32 Å². The van der Waals surface area contributed by atoms with Crippen molar-refractivity contribution in [2.75, 3.05) is 20.3 Å². The van der Waals surface area contributed by atoms with Gasteiger partial charge in [0, 0.05) is 32.4 Å². The Morgan fingerprint density at radius 3 is 3.00 bits per heavy atom. The number of amides is 1. The molecule has 0 aliphatic rings. The maximum atomic E-state index is 11.2. The minimum Gasteiger partial charge on any atom is -0.387 e. The second-order valence-electron chi connectivity index (χ2n) is 4.50. The zero-order valence-corrected chi connectivity index (χ0v) is 11.1. The number of carbonyl (C=O) groups is 1. The molecule has 1 unspecified atom stereocenters. The van der Waals surface area contributed by atoms with E-state index < -0.39 is 6.10 Å². The summed E-state index contributed by atoms with van der Waals surface area (Å²) in [5.41, 5.74) is 1.90. The van der Waals surface area contributed by atoms with Crippen LogP contribution in [0.15, 0.2) is 30.5 Å². The lowest BCUT2D eigenvalue weighted by atomic mass is 10.1. The van der Waals surface area contributed by atoms with Gasteiger partial charge in [-0.05, 0) is 29.1 Å². The van der Waals surface area contributed by atoms with Gasteiger partial charge in [-0.15, -0.1) is 0 Å². The smallest absolute Gasteiger partial charge is 0.246 e. The number of aliphatic hydroxyl groups is 1. The van der Waals surface area contributed by atoms with Crippen LogP contribution in [-0.2, 0) is 16.6 Å². The maximum Gasteiger partial charge on any atom is 0.246 e. The Kier molecular flexibility index (Phi) is 4.19. The predicted molar refractivity (Wildman–Crippen MR) is 72.8 cm³/mol. The van der Waals surface area contributed by atoms with Gasteiger partial charge < -0.3 is 19.7 Å². The summed E-state index contributed by atoms with van der Waals surface area (Å²) < 4.78 is 6.73. The highest BCUT2D eigenvalue weighted by atomic mass is 16.5. The predicted octanol–water partition coefficient (Wildman–Crippen LogP) is 0.974. The number of aryl methyl sites for hydroxylation is 1. The number of hydrogen-bond donors (Lipinski definition) is 2. The van der Waals surface area contributed by atoms with E-state index in [1.54, 1.807) is 0 Å². The summed E-state index contributed by atoms with van der Waals surface area (Å²) in [6.45, 7) is 0.185. The summed E-state index contributed by atoms with van der Waals surface area (Å²) in [7, 11) is 3.43. The van der Waals surface area contributed by atoms with Gasteiger partial charge in [0.15, 0.2) is 0 Å². The molecular formula is C14H18N2O3. The van der Waals surface area contributed by atoms with Gasteiger partial charge in [-0.2, -0.15) is 0 Å². The van der Waals surface area contributed by atoms with Crippen LogP contribution in [0.1, 0.15) is 11.7 Å². The van der Waals surface area contributed by atoms with E-state index >= 15 is 0 Å². The van der Waals surface area contributed by atoms with Gasteiger partial charge >= 0.3 is 0 Å². The van der Waals surface area contributed by atoms with Gasteiger partial charge in [-0.3, -0.25) is 4.79 Å². The molecule has 0 radical (unpaired) electrons. The Hall–Kier alpha value is -1.85. The number of aromatic nitrogens is 1. The molecule has 1 atom stereocenters. The third-order valence-electron chi connectivity index (χ3n) is 3.06. The normalized spacial score (nSPS) is 12.6. The summed E-state index contributed by atoms with van der Waals surface area (Å²) in [5.74, 6) is -0.234. The first kappa shape index (κ1) is 13.6. The van der Waals surface area contributed by atoms with Crippen molar-refractivity contribution in [1.82, 2.24) is 9.88 Å². The minimum atomic E-state index is -0.717. The zero-order valence-electron chi connectivity index (χ0n) is 11.1. The zero-order chi connectivity index (χ0) is 13.8. The average molecular weight is 262 g/mol. The monoisotopic (exact) mass is 262 g/mol. The molecule has 1 amide bonds. The van der Waals surface area contributed by atoms with E-state index in [4.69, 9.17) is 4.74 Å². The number of rotatable bonds is 5. The molecule has 0 aliphatic heterocycles. The van der Waals surface area contributed by atoms with Crippen LogP contribution in [0.25, 0.3) is 10.9 Å². The van der Waals surface area contributed by atoms with Crippen LogP contribution < -0.4 is 5.32 Å². The minimum absolute atomic E-state index is 0.00441. The van der Waals surface area contributed by atoms with Crippen molar-refractivity contribution < 1.29 is 14.6 Å². The molecule has 0 fully saturated rings. The summed E-state index contributed by atoms with van der Waals surface area (Å²) in [6.07, 6.45) is 1.26. The molecule has 5 nitrogen and oxygen atoms in total. The van der Waals surface area contributed by atoms with Crippen molar-refractivity contribution in [3.63, 3.8) is 0 Å². The topological polar surface area (TPSA) is 63.5 Å². The number of aliphatic hydroxyl groups excluding tert-OH is 1. The highest BCUT2D eigenvalue weighted by Crippen LogP contribution is 2.20. The second-order valence-corrected chi connectivity index (χ2v) is 4.50. The molecule has 2 N–H and O–H groups in total. The van der Waals surface area contributed by atoms with E-state index in [1.807, 2.05) is 42.1 Å². The molecule has 5 heteroatoms. The van der Waals surface area contributed by atoms with Crippen LogP contribution in [0.5, 0.6) is 0 Å². The number of ether oxygens (including phenoxy) is 1. The molecule has 0 saturated carbocycles. The molecule has 2 aromatic rings. The Balaban J connectivity index is 2.04. The molecule has 102 valence electrons. The standard InChI is InChI=1S/C14H18N2O3/c1-16-6-5-10-7-11(3-4-12(10)16)13(17)8-15-14(18)9-19-2/h3-7,13,17H,8-9H2,1-2H3,(H,15,18). The third kappa shape index (κ3) is 3.13. The summed E-state index contributed by atoms with van der Waals surface area (Å²) in [6, 6.07) is 7.76. The van der Waals surface area contributed by atoms with Crippen LogP contribution in [0.4, 0.5) is 0 Å². The molecule has 1 aromatic carbocycles. The quantitative estimate of drug-likeness (QED) is 0.844. The van der Waals surface area contributed by atoms with Gasteiger partial charge in [0.05, 0.1) is 6.10 Å². The number of hydrogen-bond acceptors (Lipinski definition) is 3. The number of nitrogens with zero attached hydrogens (tertiary/aromatic N) is 1. The fraction of sp³-hybridized carbons (Fsp3) is 0.357. The first-order valence-corrected chi connectivity index (χ1v) is 6.10. The Bertz CT molecular complexity index is 577. The number of nitrogens with one attached hydrogen (secondary N) is 1. The maximum absolute atomic E-state index is 11.2. The van der Waals surface area contributed by atoms with E-state index in [9.17, 15) is 9.90 Å². The Morgan fingerprint density at radius 1 is 1.47 bits per heavy atom. The molecule has 2 rings (SSSR count). The number of methoxy groups -OCH3 is 1. The number of fused-ring (bicyclic) bond motifs is 1. The van der Waals surface area contributed by atoms with Crippen LogP contribution in [0.2, 0.25) is 0 Å². The van der Waals surface area contributed by atoms with Crippen molar-refractivity contribution in [3.8, 4) is 0 Å². The van der Waals surface area contributed by atoms with Crippen LogP contribution in [0, 0.1) is 0 Å². The van der Waals surface area contributed by atoms with Crippen molar-refractivity contribution in [2.45, 2.75) is 6.10 Å². The van der Waals surface area contributed by atoms with E-state index in [-0.39, 0.29) is 19.1 Å². The van der Waals surface area contributed by atoms with E-state index in [0.29, 0.717) is 0 Å². The highest BCUT2D eigenvalue weighted by molar-refractivity contribution is 5.81. The van der Waals surface area contributed by atoms with Gasteiger partial charge in [0.2, 0.25) is 5.91 Å². The van der Waals surface area contributed by atoms with Crippen molar-refractivity contribution in [1.29, 1.82) is 0 Å². The second kappa shape index (κ2) is 5.86. The van der Waals surface area contributed by atoms with Crippen LogP contribution in [0.3, 0.4) is 0 Å². The van der Waals surface area contributed by atoms with E-state index in [0.717, 1.165) is 16.5 Å². The third-order valence-corrected chi connectivity index (χ3v) is 3.06. The Labute approximate surface area is 111 Å². The van der Waals surface area contributed by atoms with Crippen molar-refractivity contribution in [3.05, 3.63) is 36.0 Å². The lowest BCUT2D eigenvalue weighted by Gasteiger charge is -2.12. The number of carbonyl (C=O) groups excluding carboxylic acids is 1. The molecule has 0 saturated heterocycles. The lowest BCUT2D eigenvalue weighted by molar-refractivity contribution is -0.125. The first-order chi connectivity index (χ1) is 9.11. The van der Waals surface area contributed by atoms with E-state index in [1.165, 1.54) is 7.11 Å². The summed E-state index contributed by atoms with van der Waals surface area (Å²) in [4.78, 5) is 11.2. The molecule has 1 heterocycles. The van der Waals surface area contributed by atoms with Crippen LogP contribution in [-0.4, -0.2) is 35.8 Å². The number of benzene rings is 1. The molecule has 0 bridgehead atoms. The fourth-order valence-electron chi connectivity index (χ4n) is 2.02. The summed E-state index contributed by atoms with van der Waals surface area (Å²) in [5, 5.41) is 13.7. The Morgan fingerprint density at radius 2 is 2.26 bits per heavy atom. The SMILES string of the molecule is COCC(=O)NCC(O)c1ccc2c(ccn2C)c1. The average Bonchev–Trinajstić information content (AvgIpc) is 2.77. The van der Waals surface area contributed by atoms with Gasteiger partial charge in [-0.1, -0.05) is 6.07 Å². The molecule has 1 aromatic heterocycles. The van der Waals surface area contributed by atoms with Gasteiger partial charge in [0.25, 0.3) is 0 Å². The molecule has 0 aliphatic carbocycles. The molecular weight excluding hydrogens is 244 g/mol. The largest absolute Gasteiger partial charge is 0.387 e. The van der Waals surface area contributed by atoms with Crippen molar-refractivity contribution >= 4 is 16.8 Å². The van der Waals surface area contributed by atoms with Gasteiger partial charge in [-0.25, -0.2) is 0 Å². The van der Waals surface area contributed by atoms with Crippen molar-refractivity contribution in [2.24, 2.45) is 7.05 Å². The van der Waals surface area contributed by atoms with Crippen LogP contribution >= 0.6 is 0 Å². The highest BCUT2D eigenvalue weighted by Gasteiger charge is 2.10. The summed E-state index contributed by atoms with van der Waals surface area (Å²) >= 11 is 0. The lowest BCUT2D eigenvalue weighted by Crippen LogP contribution is -2.31.